The molecule has 19 heavy (non-hydrogen) atoms. The topological polar surface area (TPSA) is 53.5 Å². The highest BCUT2D eigenvalue weighted by atomic mass is 32.2. The van der Waals surface area contributed by atoms with E-state index in [1.54, 1.807) is 11.8 Å². The maximum Gasteiger partial charge on any atom is 0.242 e. The minimum Gasteiger partial charge on any atom is -0.353 e. The summed E-state index contributed by atoms with van der Waals surface area (Å²) in [5.74, 6) is 0.0255. The minimum atomic E-state index is -0.234. The Bertz CT molecular complexity index is 347. The molecule has 0 spiro atoms. The van der Waals surface area contributed by atoms with Crippen LogP contribution in [0.1, 0.15) is 48.0 Å². The van der Waals surface area contributed by atoms with E-state index in [1.165, 1.54) is 0 Å². The molecule has 1 aliphatic heterocycles. The summed E-state index contributed by atoms with van der Waals surface area (Å²) in [6.07, 6.45) is 1.14. The zero-order valence-corrected chi connectivity index (χ0v) is 13.7. The molecule has 2 unspecified atom stereocenters. The molecule has 0 radical (unpaired) electrons. The van der Waals surface area contributed by atoms with Gasteiger partial charge >= 0.3 is 0 Å². The average Bonchev–Trinajstić information content (AvgIpc) is 2.61. The number of carbonyl (C=O) groups is 1. The maximum atomic E-state index is 11.8. The molecule has 0 aromatic heterocycles. The van der Waals surface area contributed by atoms with E-state index in [4.69, 9.17) is 0 Å². The molecular weight excluding hydrogens is 258 g/mol. The number of hydrogen-bond donors (Lipinski definition) is 2. The fourth-order valence-corrected chi connectivity index (χ4v) is 3.39. The Morgan fingerprint density at radius 2 is 2.05 bits per heavy atom. The molecule has 110 valence electrons. The van der Waals surface area contributed by atoms with Gasteiger partial charge in [0.25, 0.3) is 0 Å². The molecule has 0 aliphatic carbocycles. The molecule has 1 rings (SSSR count). The molecule has 1 amide bonds. The Morgan fingerprint density at radius 1 is 1.42 bits per heavy atom. The number of nitrogens with one attached hydrogen (secondary N) is 2. The van der Waals surface area contributed by atoms with Gasteiger partial charge in [-0.2, -0.15) is 0 Å². The van der Waals surface area contributed by atoms with Gasteiger partial charge < -0.3 is 10.6 Å². The highest BCUT2D eigenvalue weighted by molar-refractivity contribution is 8.14. The summed E-state index contributed by atoms with van der Waals surface area (Å²) in [4.78, 5) is 16.3. The van der Waals surface area contributed by atoms with E-state index < -0.39 is 0 Å². The molecule has 0 bridgehead atoms. The van der Waals surface area contributed by atoms with E-state index in [0.717, 1.165) is 18.1 Å². The van der Waals surface area contributed by atoms with Crippen LogP contribution in [-0.4, -0.2) is 35.0 Å². The van der Waals surface area contributed by atoms with Gasteiger partial charge in [-0.3, -0.25) is 9.79 Å². The second kappa shape index (κ2) is 6.64. The highest BCUT2D eigenvalue weighted by Gasteiger charge is 2.26. The molecule has 0 fully saturated rings. The van der Waals surface area contributed by atoms with Crippen LogP contribution in [0.15, 0.2) is 4.99 Å². The fraction of sp³-hybridized carbons (Fsp3) is 0.857. The lowest BCUT2D eigenvalue weighted by atomic mass is 9.90. The second-order valence-electron chi connectivity index (χ2n) is 6.68. The number of aliphatic imine (C=N–C) groups is 1. The van der Waals surface area contributed by atoms with Crippen LogP contribution >= 0.6 is 11.8 Å². The number of nitrogens with zero attached hydrogens (tertiary/aromatic N) is 1. The molecule has 1 aliphatic rings. The molecule has 0 aromatic rings. The van der Waals surface area contributed by atoms with E-state index in [9.17, 15) is 4.79 Å². The standard InChI is InChI=1S/C14H27N3OS/c1-9(2)16-12(18)10(3)17-13-15-8-11(19-13)7-14(4,5)6/h9-11H,7-8H2,1-6H3,(H,15,17)(H,16,18). The van der Waals surface area contributed by atoms with Gasteiger partial charge in [-0.25, -0.2) is 0 Å². The van der Waals surface area contributed by atoms with E-state index in [2.05, 4.69) is 36.4 Å². The van der Waals surface area contributed by atoms with Crippen molar-refractivity contribution in [2.24, 2.45) is 10.4 Å². The molecule has 2 N–H and O–H groups in total. The first-order valence-corrected chi connectivity index (χ1v) is 7.83. The van der Waals surface area contributed by atoms with Crippen molar-refractivity contribution >= 4 is 22.8 Å². The van der Waals surface area contributed by atoms with Crippen LogP contribution < -0.4 is 10.6 Å². The number of thioether (sulfide) groups is 1. The van der Waals surface area contributed by atoms with Gasteiger partial charge in [-0.1, -0.05) is 32.5 Å². The van der Waals surface area contributed by atoms with Crippen molar-refractivity contribution in [1.29, 1.82) is 0 Å². The molecule has 0 saturated heterocycles. The second-order valence-corrected chi connectivity index (χ2v) is 7.97. The Hall–Kier alpha value is -0.710. The van der Waals surface area contributed by atoms with Crippen LogP contribution in [0.3, 0.4) is 0 Å². The van der Waals surface area contributed by atoms with Gasteiger partial charge in [0.1, 0.15) is 6.04 Å². The molecule has 2 atom stereocenters. The summed E-state index contributed by atoms with van der Waals surface area (Å²) >= 11 is 1.76. The monoisotopic (exact) mass is 285 g/mol. The molecule has 4 nitrogen and oxygen atoms in total. The van der Waals surface area contributed by atoms with Crippen LogP contribution in [0.5, 0.6) is 0 Å². The predicted octanol–water partition coefficient (Wildman–Crippen LogP) is 2.40. The van der Waals surface area contributed by atoms with Crippen LogP contribution in [0, 0.1) is 5.41 Å². The van der Waals surface area contributed by atoms with Gasteiger partial charge in [0.2, 0.25) is 5.91 Å². The lowest BCUT2D eigenvalue weighted by molar-refractivity contribution is -0.122. The quantitative estimate of drug-likeness (QED) is 0.834. The molecule has 1 heterocycles. The van der Waals surface area contributed by atoms with E-state index in [-0.39, 0.29) is 18.0 Å². The Morgan fingerprint density at radius 3 is 2.58 bits per heavy atom. The zero-order valence-electron chi connectivity index (χ0n) is 12.9. The third kappa shape index (κ3) is 6.32. The SMILES string of the molecule is CC(C)NC(=O)C(C)NC1=NCC(CC(C)(C)C)S1. The highest BCUT2D eigenvalue weighted by Crippen LogP contribution is 2.31. The van der Waals surface area contributed by atoms with Crippen molar-refractivity contribution in [3.63, 3.8) is 0 Å². The minimum absolute atomic E-state index is 0.0255. The normalized spacial score (nSPS) is 21.2. The van der Waals surface area contributed by atoms with Crippen molar-refractivity contribution in [3.8, 4) is 0 Å². The number of carbonyl (C=O) groups excluding carboxylic acids is 1. The number of hydrogen-bond acceptors (Lipinski definition) is 4. The number of amides is 1. The van der Waals surface area contributed by atoms with Crippen molar-refractivity contribution in [1.82, 2.24) is 10.6 Å². The smallest absolute Gasteiger partial charge is 0.242 e. The van der Waals surface area contributed by atoms with Crippen molar-refractivity contribution < 1.29 is 4.79 Å². The van der Waals surface area contributed by atoms with Gasteiger partial charge in [-0.15, -0.1) is 0 Å². The van der Waals surface area contributed by atoms with E-state index in [0.29, 0.717) is 10.7 Å². The van der Waals surface area contributed by atoms with Crippen LogP contribution in [0.4, 0.5) is 0 Å². The van der Waals surface area contributed by atoms with Gasteiger partial charge in [-0.05, 0) is 32.6 Å². The summed E-state index contributed by atoms with van der Waals surface area (Å²) < 4.78 is 0. The molecular formula is C14H27N3OS. The van der Waals surface area contributed by atoms with Gasteiger partial charge in [0.05, 0.1) is 6.54 Å². The lowest BCUT2D eigenvalue weighted by Crippen LogP contribution is -2.46. The van der Waals surface area contributed by atoms with Crippen molar-refractivity contribution in [3.05, 3.63) is 0 Å². The summed E-state index contributed by atoms with van der Waals surface area (Å²) in [6, 6.07) is -0.0643. The fourth-order valence-electron chi connectivity index (χ4n) is 1.95. The first-order valence-electron chi connectivity index (χ1n) is 6.95. The van der Waals surface area contributed by atoms with Crippen molar-refractivity contribution in [2.75, 3.05) is 6.54 Å². The predicted molar refractivity (Wildman–Crippen MR) is 83.6 cm³/mol. The van der Waals surface area contributed by atoms with Crippen LogP contribution in [0.2, 0.25) is 0 Å². The Balaban J connectivity index is 2.37. The molecule has 0 saturated carbocycles. The maximum absolute atomic E-state index is 11.8. The Labute approximate surface area is 121 Å². The van der Waals surface area contributed by atoms with Crippen molar-refractivity contribution in [2.45, 2.75) is 65.3 Å². The van der Waals surface area contributed by atoms with Gasteiger partial charge in [0, 0.05) is 11.3 Å². The Kier molecular flexibility index (Phi) is 5.71. The van der Waals surface area contributed by atoms with E-state index in [1.807, 2.05) is 20.8 Å². The summed E-state index contributed by atoms with van der Waals surface area (Å²) in [5, 5.41) is 7.53. The third-order valence-corrected chi connectivity index (χ3v) is 3.84. The number of amidine groups is 1. The molecule has 0 aromatic carbocycles. The van der Waals surface area contributed by atoms with Crippen LogP contribution in [-0.2, 0) is 4.79 Å². The zero-order chi connectivity index (χ0) is 14.6. The lowest BCUT2D eigenvalue weighted by Gasteiger charge is -2.22. The first kappa shape index (κ1) is 16.3. The summed E-state index contributed by atoms with van der Waals surface area (Å²) in [7, 11) is 0. The summed E-state index contributed by atoms with van der Waals surface area (Å²) in [5.41, 5.74) is 0.323. The summed E-state index contributed by atoms with van der Waals surface area (Å²) in [6.45, 7) is 13.4. The number of rotatable bonds is 4. The van der Waals surface area contributed by atoms with Crippen LogP contribution in [0.25, 0.3) is 0 Å². The average molecular weight is 285 g/mol. The largest absolute Gasteiger partial charge is 0.353 e. The van der Waals surface area contributed by atoms with E-state index >= 15 is 0 Å². The third-order valence-electron chi connectivity index (χ3n) is 2.72. The molecule has 5 heteroatoms. The first-order chi connectivity index (χ1) is 8.67. The van der Waals surface area contributed by atoms with Gasteiger partial charge in [0.15, 0.2) is 5.17 Å².